The van der Waals surface area contributed by atoms with Gasteiger partial charge in [-0.3, -0.25) is 4.79 Å². The van der Waals surface area contributed by atoms with Crippen molar-refractivity contribution in [2.24, 2.45) is 5.92 Å². The molecule has 3 atom stereocenters. The molecule has 1 aromatic rings. The first kappa shape index (κ1) is 14.8. The van der Waals surface area contributed by atoms with Crippen LogP contribution in [0.2, 0.25) is 0 Å². The van der Waals surface area contributed by atoms with E-state index in [9.17, 15) is 15.0 Å². The smallest absolute Gasteiger partial charge is 0.255 e. The molecule has 2 rings (SSSR count). The second-order valence-electron chi connectivity index (χ2n) is 4.77. The highest BCUT2D eigenvalue weighted by molar-refractivity contribution is 5.96. The van der Waals surface area contributed by atoms with Crippen LogP contribution in [0.4, 0.5) is 0 Å². The minimum atomic E-state index is -0.906. The molecule has 0 saturated carbocycles. The summed E-state index contributed by atoms with van der Waals surface area (Å²) < 4.78 is 10.3. The zero-order valence-corrected chi connectivity index (χ0v) is 11.3. The topological polar surface area (TPSA) is 88.0 Å². The predicted molar refractivity (Wildman–Crippen MR) is 71.6 cm³/mol. The van der Waals surface area contributed by atoms with E-state index in [0.29, 0.717) is 17.9 Å². The Bertz CT molecular complexity index is 465. The van der Waals surface area contributed by atoms with Gasteiger partial charge in [-0.25, -0.2) is 0 Å². The lowest BCUT2D eigenvalue weighted by molar-refractivity contribution is -0.118. The molecule has 1 aliphatic rings. The Balaban J connectivity index is 1.95. The number of aliphatic hydroxyl groups is 2. The van der Waals surface area contributed by atoms with Gasteiger partial charge in [0.1, 0.15) is 11.9 Å². The number of methoxy groups -OCH3 is 1. The number of carbonyl (C=O) groups is 1. The minimum absolute atomic E-state index is 0.123. The van der Waals surface area contributed by atoms with Crippen LogP contribution in [0.15, 0.2) is 24.3 Å². The van der Waals surface area contributed by atoms with Crippen LogP contribution in [0, 0.1) is 5.92 Å². The summed E-state index contributed by atoms with van der Waals surface area (Å²) in [6.45, 7) is 0.664. The zero-order chi connectivity index (χ0) is 14.5. The number of ether oxygens (including phenoxy) is 2. The molecule has 1 aliphatic heterocycles. The van der Waals surface area contributed by atoms with Gasteiger partial charge in [-0.05, 0) is 12.1 Å². The number of nitrogens with one attached hydrogen (secondary N) is 1. The highest BCUT2D eigenvalue weighted by Gasteiger charge is 2.31. The summed E-state index contributed by atoms with van der Waals surface area (Å²) >= 11 is 0. The number of para-hydroxylation sites is 1. The van der Waals surface area contributed by atoms with Crippen LogP contribution in [-0.2, 0) is 4.74 Å². The molecule has 0 spiro atoms. The maximum Gasteiger partial charge on any atom is 0.255 e. The van der Waals surface area contributed by atoms with E-state index in [1.807, 2.05) is 0 Å². The lowest BCUT2D eigenvalue weighted by Crippen LogP contribution is -2.48. The fraction of sp³-hybridized carbons (Fsp3) is 0.500. The monoisotopic (exact) mass is 281 g/mol. The SMILES string of the molecule is COc1ccccc1C(=O)NC[C@@H]1COC[C@@H](O)[C@H]1O. The number of rotatable bonds is 4. The van der Waals surface area contributed by atoms with Crippen molar-refractivity contribution in [1.82, 2.24) is 5.32 Å². The van der Waals surface area contributed by atoms with Crippen molar-refractivity contribution >= 4 is 5.91 Å². The van der Waals surface area contributed by atoms with Crippen molar-refractivity contribution in [2.45, 2.75) is 12.2 Å². The van der Waals surface area contributed by atoms with Gasteiger partial charge in [-0.15, -0.1) is 0 Å². The summed E-state index contributed by atoms with van der Waals surface area (Å²) in [4.78, 5) is 12.1. The van der Waals surface area contributed by atoms with Gasteiger partial charge in [-0.1, -0.05) is 12.1 Å². The minimum Gasteiger partial charge on any atom is -0.496 e. The molecule has 0 aliphatic carbocycles. The van der Waals surface area contributed by atoms with Crippen molar-refractivity contribution < 1.29 is 24.5 Å². The lowest BCUT2D eigenvalue weighted by atomic mass is 9.96. The largest absolute Gasteiger partial charge is 0.496 e. The Morgan fingerprint density at radius 2 is 2.15 bits per heavy atom. The molecule has 0 bridgehead atoms. The average Bonchev–Trinajstić information content (AvgIpc) is 2.48. The second-order valence-corrected chi connectivity index (χ2v) is 4.77. The van der Waals surface area contributed by atoms with Gasteiger partial charge < -0.3 is 25.0 Å². The van der Waals surface area contributed by atoms with Crippen molar-refractivity contribution in [3.8, 4) is 5.75 Å². The van der Waals surface area contributed by atoms with Gasteiger partial charge in [0.05, 0.1) is 32.0 Å². The van der Waals surface area contributed by atoms with Crippen LogP contribution in [0.25, 0.3) is 0 Å². The number of hydrogen-bond donors (Lipinski definition) is 3. The maximum atomic E-state index is 12.1. The zero-order valence-electron chi connectivity index (χ0n) is 11.3. The van der Waals surface area contributed by atoms with Crippen molar-refractivity contribution in [3.05, 3.63) is 29.8 Å². The summed E-state index contributed by atoms with van der Waals surface area (Å²) in [5.41, 5.74) is 0.432. The molecule has 0 unspecified atom stereocenters. The van der Waals surface area contributed by atoms with E-state index >= 15 is 0 Å². The third-order valence-electron chi connectivity index (χ3n) is 3.37. The molecule has 6 nitrogen and oxygen atoms in total. The number of hydrogen-bond acceptors (Lipinski definition) is 5. The molecule has 1 amide bonds. The van der Waals surface area contributed by atoms with E-state index in [1.165, 1.54) is 7.11 Å². The molecular weight excluding hydrogens is 262 g/mol. The molecule has 6 heteroatoms. The molecule has 0 aromatic heterocycles. The van der Waals surface area contributed by atoms with Gasteiger partial charge in [0.15, 0.2) is 0 Å². The third kappa shape index (κ3) is 3.27. The molecule has 1 saturated heterocycles. The van der Waals surface area contributed by atoms with Gasteiger partial charge in [0, 0.05) is 12.5 Å². The van der Waals surface area contributed by atoms with Crippen LogP contribution < -0.4 is 10.1 Å². The van der Waals surface area contributed by atoms with Crippen LogP contribution in [0.3, 0.4) is 0 Å². The Morgan fingerprint density at radius 3 is 2.90 bits per heavy atom. The Morgan fingerprint density at radius 1 is 1.40 bits per heavy atom. The standard InChI is InChI=1S/C14H19NO5/c1-19-12-5-3-2-4-10(12)14(18)15-6-9-7-20-8-11(16)13(9)17/h2-5,9,11,13,16-17H,6-8H2,1H3,(H,15,18)/t9-,11-,13+/m1/s1. The number of aliphatic hydroxyl groups excluding tert-OH is 2. The first-order valence-electron chi connectivity index (χ1n) is 6.48. The highest BCUT2D eigenvalue weighted by atomic mass is 16.5. The van der Waals surface area contributed by atoms with E-state index < -0.39 is 12.2 Å². The lowest BCUT2D eigenvalue weighted by Gasteiger charge is -2.31. The molecule has 1 heterocycles. The van der Waals surface area contributed by atoms with Crippen molar-refractivity contribution in [1.29, 1.82) is 0 Å². The molecule has 3 N–H and O–H groups in total. The molecular formula is C14H19NO5. The summed E-state index contributed by atoms with van der Waals surface area (Å²) in [7, 11) is 1.50. The Hall–Kier alpha value is -1.63. The first-order valence-corrected chi connectivity index (χ1v) is 6.48. The van der Waals surface area contributed by atoms with Gasteiger partial charge in [0.25, 0.3) is 5.91 Å². The highest BCUT2D eigenvalue weighted by Crippen LogP contribution is 2.18. The van der Waals surface area contributed by atoms with E-state index in [4.69, 9.17) is 9.47 Å². The first-order chi connectivity index (χ1) is 9.63. The average molecular weight is 281 g/mol. The van der Waals surface area contributed by atoms with Crippen molar-refractivity contribution in [2.75, 3.05) is 26.9 Å². The Kier molecular flexibility index (Phi) is 4.94. The number of benzene rings is 1. The summed E-state index contributed by atoms with van der Waals surface area (Å²) in [6.07, 6.45) is -1.79. The Labute approximate surface area is 117 Å². The third-order valence-corrected chi connectivity index (χ3v) is 3.37. The summed E-state index contributed by atoms with van der Waals surface area (Å²) in [6, 6.07) is 6.90. The van der Waals surface area contributed by atoms with E-state index in [-0.39, 0.29) is 25.0 Å². The van der Waals surface area contributed by atoms with E-state index in [2.05, 4.69) is 5.32 Å². The van der Waals surface area contributed by atoms with Gasteiger partial charge in [-0.2, -0.15) is 0 Å². The summed E-state index contributed by atoms with van der Waals surface area (Å²) in [5.74, 6) is -0.113. The van der Waals surface area contributed by atoms with E-state index in [1.54, 1.807) is 24.3 Å². The number of amides is 1. The molecule has 1 fully saturated rings. The van der Waals surface area contributed by atoms with Crippen LogP contribution >= 0.6 is 0 Å². The van der Waals surface area contributed by atoms with E-state index in [0.717, 1.165) is 0 Å². The fourth-order valence-electron chi connectivity index (χ4n) is 2.18. The van der Waals surface area contributed by atoms with Gasteiger partial charge in [0.2, 0.25) is 0 Å². The van der Waals surface area contributed by atoms with Crippen LogP contribution in [-0.4, -0.2) is 55.2 Å². The van der Waals surface area contributed by atoms with Crippen LogP contribution in [0.5, 0.6) is 5.75 Å². The molecule has 20 heavy (non-hydrogen) atoms. The predicted octanol–water partition coefficient (Wildman–Crippen LogP) is -0.207. The normalized spacial score (nSPS) is 26.1. The second kappa shape index (κ2) is 6.69. The molecule has 110 valence electrons. The summed E-state index contributed by atoms with van der Waals surface area (Å²) in [5, 5.41) is 22.0. The fourth-order valence-corrected chi connectivity index (χ4v) is 2.18. The molecule has 1 aromatic carbocycles. The maximum absolute atomic E-state index is 12.1. The number of carbonyl (C=O) groups excluding carboxylic acids is 1. The quantitative estimate of drug-likeness (QED) is 0.711. The van der Waals surface area contributed by atoms with Crippen molar-refractivity contribution in [3.63, 3.8) is 0 Å². The van der Waals surface area contributed by atoms with Gasteiger partial charge >= 0.3 is 0 Å². The molecule has 0 radical (unpaired) electrons. The van der Waals surface area contributed by atoms with Crippen LogP contribution in [0.1, 0.15) is 10.4 Å².